The number of nitrogens with one attached hydrogen (secondary N) is 1. The Bertz CT molecular complexity index is 1420. The Morgan fingerprint density at radius 3 is 2.56 bits per heavy atom. The van der Waals surface area contributed by atoms with E-state index >= 15 is 0 Å². The van der Waals surface area contributed by atoms with Crippen LogP contribution in [0.4, 0.5) is 11.6 Å². The van der Waals surface area contributed by atoms with E-state index in [2.05, 4.69) is 40.4 Å². The van der Waals surface area contributed by atoms with Crippen molar-refractivity contribution in [2.75, 3.05) is 24.3 Å². The molecule has 36 heavy (non-hydrogen) atoms. The number of amides is 1. The number of methoxy groups -OCH3 is 1. The van der Waals surface area contributed by atoms with Gasteiger partial charge in [-0.1, -0.05) is 13.0 Å². The highest BCUT2D eigenvalue weighted by molar-refractivity contribution is 7.90. The normalized spacial score (nSPS) is 17.1. The zero-order valence-electron chi connectivity index (χ0n) is 20.9. The molecule has 190 valence electrons. The number of hydrogen-bond donors (Lipinski definition) is 2. The summed E-state index contributed by atoms with van der Waals surface area (Å²) in [6.45, 7) is 8.83. The van der Waals surface area contributed by atoms with Crippen LogP contribution in [0, 0.1) is 12.8 Å². The second-order valence-corrected chi connectivity index (χ2v) is 11.3. The van der Waals surface area contributed by atoms with Crippen LogP contribution in [0.1, 0.15) is 43.2 Å². The van der Waals surface area contributed by atoms with E-state index in [0.29, 0.717) is 29.9 Å². The molecule has 4 heterocycles. The van der Waals surface area contributed by atoms with Gasteiger partial charge in [0, 0.05) is 29.4 Å². The summed E-state index contributed by atoms with van der Waals surface area (Å²) in [6, 6.07) is 11.1. The second kappa shape index (κ2) is 9.38. The van der Waals surface area contributed by atoms with E-state index in [1.54, 1.807) is 25.3 Å². The minimum Gasteiger partial charge on any atom is -0.481 e. The van der Waals surface area contributed by atoms with Crippen molar-refractivity contribution in [1.29, 1.82) is 0 Å². The lowest BCUT2D eigenvalue weighted by Crippen LogP contribution is -2.41. The molecular formula is C25H30N6O4S. The highest BCUT2D eigenvalue weighted by Gasteiger charge is 2.39. The van der Waals surface area contributed by atoms with Gasteiger partial charge in [0.25, 0.3) is 15.9 Å². The lowest BCUT2D eigenvalue weighted by atomic mass is 9.97. The molecule has 3 aromatic heterocycles. The first kappa shape index (κ1) is 25.4. The standard InChI is InChI=1S/C25H30N6O4S/c1-15-13-25(3,4)31(14-15)23-18(24(32)30-36(33,34)22-8-6-7-20(26)29-22)9-10-19(28-23)17-11-16(2)27-21(12-17)35-5/h6-12,15H,13-14H2,1-5H3,(H2,26,29)(H,30,32). The number of carbonyl (C=O) groups excluding carboxylic acids is 1. The molecule has 0 radical (unpaired) electrons. The third kappa shape index (κ3) is 5.11. The maximum Gasteiger partial charge on any atom is 0.281 e. The average molecular weight is 511 g/mol. The summed E-state index contributed by atoms with van der Waals surface area (Å²) in [5, 5.41) is -0.337. The van der Waals surface area contributed by atoms with Crippen molar-refractivity contribution in [3.63, 3.8) is 0 Å². The Hall–Kier alpha value is -3.73. The SMILES string of the molecule is COc1cc(-c2ccc(C(=O)NS(=O)(=O)c3cccc(N)n3)c(N3CC(C)CC3(C)C)n2)cc(C)n1. The molecule has 10 nitrogen and oxygen atoms in total. The summed E-state index contributed by atoms with van der Waals surface area (Å²) in [6.07, 6.45) is 0.896. The monoisotopic (exact) mass is 510 g/mol. The molecule has 1 atom stereocenters. The summed E-state index contributed by atoms with van der Waals surface area (Å²) in [4.78, 5) is 28.4. The number of aryl methyl sites for hydroxylation is 1. The molecule has 3 aromatic rings. The average Bonchev–Trinajstić information content (AvgIpc) is 3.09. The number of ether oxygens (including phenoxy) is 1. The number of aromatic nitrogens is 3. The Balaban J connectivity index is 1.79. The number of nitrogens with zero attached hydrogens (tertiary/aromatic N) is 4. The van der Waals surface area contributed by atoms with Crippen LogP contribution in [0.25, 0.3) is 11.3 Å². The van der Waals surface area contributed by atoms with Gasteiger partial charge in [-0.25, -0.2) is 19.7 Å². The zero-order chi connectivity index (χ0) is 26.3. The van der Waals surface area contributed by atoms with Crippen LogP contribution in [0.15, 0.2) is 47.5 Å². The Morgan fingerprint density at radius 1 is 1.17 bits per heavy atom. The van der Waals surface area contributed by atoms with Gasteiger partial charge in [0.2, 0.25) is 5.88 Å². The molecule has 3 N–H and O–H groups in total. The predicted octanol–water partition coefficient (Wildman–Crippen LogP) is 3.18. The fourth-order valence-electron chi connectivity index (χ4n) is 4.65. The van der Waals surface area contributed by atoms with Crippen LogP contribution in [-0.4, -0.2) is 48.5 Å². The van der Waals surface area contributed by atoms with Crippen molar-refractivity contribution >= 4 is 27.6 Å². The van der Waals surface area contributed by atoms with Gasteiger partial charge < -0.3 is 15.4 Å². The first-order valence-corrected chi connectivity index (χ1v) is 13.0. The number of sulfonamides is 1. The third-order valence-corrected chi connectivity index (χ3v) is 7.36. The van der Waals surface area contributed by atoms with E-state index in [1.165, 1.54) is 18.2 Å². The number of nitrogen functional groups attached to an aromatic ring is 1. The van der Waals surface area contributed by atoms with Gasteiger partial charge >= 0.3 is 0 Å². The van der Waals surface area contributed by atoms with Crippen LogP contribution >= 0.6 is 0 Å². The summed E-state index contributed by atoms with van der Waals surface area (Å²) in [5.41, 5.74) is 7.62. The Kier molecular flexibility index (Phi) is 6.61. The smallest absolute Gasteiger partial charge is 0.281 e. The molecule has 4 rings (SSSR count). The zero-order valence-corrected chi connectivity index (χ0v) is 21.8. The summed E-state index contributed by atoms with van der Waals surface area (Å²) < 4.78 is 33.2. The molecule has 0 bridgehead atoms. The van der Waals surface area contributed by atoms with Crippen molar-refractivity contribution in [3.05, 3.63) is 53.7 Å². The van der Waals surface area contributed by atoms with E-state index in [0.717, 1.165) is 17.7 Å². The molecule has 1 aliphatic heterocycles. The van der Waals surface area contributed by atoms with Crippen LogP contribution in [0.2, 0.25) is 0 Å². The number of pyridine rings is 3. The quantitative estimate of drug-likeness (QED) is 0.511. The maximum atomic E-state index is 13.3. The topological polar surface area (TPSA) is 140 Å². The molecule has 1 saturated heterocycles. The molecule has 0 saturated carbocycles. The van der Waals surface area contributed by atoms with Crippen LogP contribution in [-0.2, 0) is 10.0 Å². The molecule has 0 aliphatic carbocycles. The minimum absolute atomic E-state index is 0.0351. The molecule has 0 spiro atoms. The predicted molar refractivity (Wildman–Crippen MR) is 137 cm³/mol. The van der Waals surface area contributed by atoms with Gasteiger partial charge in [-0.3, -0.25) is 4.79 Å². The van der Waals surface area contributed by atoms with E-state index in [9.17, 15) is 13.2 Å². The van der Waals surface area contributed by atoms with E-state index in [4.69, 9.17) is 15.5 Å². The van der Waals surface area contributed by atoms with Gasteiger partial charge in [0.1, 0.15) is 11.6 Å². The highest BCUT2D eigenvalue weighted by atomic mass is 32.2. The van der Waals surface area contributed by atoms with Crippen LogP contribution in [0.3, 0.4) is 0 Å². The molecule has 1 aliphatic rings. The van der Waals surface area contributed by atoms with Crippen molar-refractivity contribution in [1.82, 2.24) is 19.7 Å². The minimum atomic E-state index is -4.25. The van der Waals surface area contributed by atoms with Crippen molar-refractivity contribution in [3.8, 4) is 17.1 Å². The third-order valence-electron chi connectivity index (χ3n) is 6.13. The Morgan fingerprint density at radius 2 is 1.92 bits per heavy atom. The van der Waals surface area contributed by atoms with E-state index < -0.39 is 15.9 Å². The van der Waals surface area contributed by atoms with Crippen LogP contribution in [0.5, 0.6) is 5.88 Å². The molecule has 1 unspecified atom stereocenters. The largest absolute Gasteiger partial charge is 0.481 e. The number of rotatable bonds is 6. The number of nitrogens with two attached hydrogens (primary N) is 1. The van der Waals surface area contributed by atoms with Gasteiger partial charge in [0.05, 0.1) is 18.4 Å². The Labute approximate surface area is 211 Å². The van der Waals surface area contributed by atoms with Crippen molar-refractivity contribution in [2.45, 2.75) is 44.7 Å². The highest BCUT2D eigenvalue weighted by Crippen LogP contribution is 2.38. The molecule has 11 heteroatoms. The fourth-order valence-corrected chi connectivity index (χ4v) is 5.59. The number of hydrogen-bond acceptors (Lipinski definition) is 9. The van der Waals surface area contributed by atoms with Crippen LogP contribution < -0.4 is 20.1 Å². The van der Waals surface area contributed by atoms with Gasteiger partial charge in [-0.2, -0.15) is 8.42 Å². The first-order chi connectivity index (χ1) is 16.9. The number of carbonyl (C=O) groups is 1. The number of anilines is 2. The fraction of sp³-hybridized carbons (Fsp3) is 0.360. The molecule has 0 aromatic carbocycles. The molecule has 1 amide bonds. The summed E-state index contributed by atoms with van der Waals surface area (Å²) >= 11 is 0. The molecular weight excluding hydrogens is 480 g/mol. The summed E-state index contributed by atoms with van der Waals surface area (Å²) in [7, 11) is -2.71. The lowest BCUT2D eigenvalue weighted by molar-refractivity contribution is 0.0981. The van der Waals surface area contributed by atoms with E-state index in [-0.39, 0.29) is 21.9 Å². The first-order valence-electron chi connectivity index (χ1n) is 11.5. The van der Waals surface area contributed by atoms with Crippen molar-refractivity contribution < 1.29 is 17.9 Å². The van der Waals surface area contributed by atoms with Crippen molar-refractivity contribution in [2.24, 2.45) is 5.92 Å². The van der Waals surface area contributed by atoms with Gasteiger partial charge in [0.15, 0.2) is 5.03 Å². The molecule has 1 fully saturated rings. The second-order valence-electron chi connectivity index (χ2n) is 9.67. The van der Waals surface area contributed by atoms with E-state index in [1.807, 2.05) is 13.0 Å². The summed E-state index contributed by atoms with van der Waals surface area (Å²) in [5.74, 6) is 0.458. The van der Waals surface area contributed by atoms with Gasteiger partial charge in [-0.15, -0.1) is 0 Å². The maximum absolute atomic E-state index is 13.3. The lowest BCUT2D eigenvalue weighted by Gasteiger charge is -2.34. The van der Waals surface area contributed by atoms with Gasteiger partial charge in [-0.05, 0) is 63.4 Å².